The maximum Gasteiger partial charge on any atom is 0.171 e. The number of benzene rings is 2. The van der Waals surface area contributed by atoms with Gasteiger partial charge in [0, 0.05) is 18.7 Å². The van der Waals surface area contributed by atoms with E-state index in [0.29, 0.717) is 5.41 Å². The molecule has 35 heavy (non-hydrogen) atoms. The Morgan fingerprint density at radius 3 is 2.34 bits per heavy atom. The normalized spacial score (nSPS) is 12.0. The molecule has 0 aliphatic carbocycles. The van der Waals surface area contributed by atoms with E-state index < -0.39 is 0 Å². The van der Waals surface area contributed by atoms with E-state index in [4.69, 9.17) is 4.98 Å². The van der Waals surface area contributed by atoms with Crippen molar-refractivity contribution in [3.8, 4) is 22.8 Å². The fourth-order valence-electron chi connectivity index (χ4n) is 4.65. The second-order valence-corrected chi connectivity index (χ2v) is 11.5. The summed E-state index contributed by atoms with van der Waals surface area (Å²) in [5.74, 6) is 1.02. The van der Waals surface area contributed by atoms with Crippen LogP contribution in [0.2, 0.25) is 0 Å². The van der Waals surface area contributed by atoms with Crippen LogP contribution >= 0.6 is 22.6 Å². The Kier molecular flexibility index (Phi) is 8.65. The molecule has 2 aromatic heterocycles. The van der Waals surface area contributed by atoms with Gasteiger partial charge < -0.3 is 14.5 Å². The van der Waals surface area contributed by atoms with Crippen LogP contribution in [0, 0.1) is 9.25 Å². The molecule has 6 heteroatoms. The number of halogens is 1. The molecule has 0 bridgehead atoms. The van der Waals surface area contributed by atoms with E-state index in [-0.39, 0.29) is 0 Å². The summed E-state index contributed by atoms with van der Waals surface area (Å²) < 4.78 is 5.79. The van der Waals surface area contributed by atoms with Gasteiger partial charge in [-0.15, -0.1) is 0 Å². The lowest BCUT2D eigenvalue weighted by molar-refractivity contribution is 0.354. The topological polar surface area (TPSA) is 47.7 Å². The third-order valence-corrected chi connectivity index (χ3v) is 7.41. The van der Waals surface area contributed by atoms with Crippen molar-refractivity contribution in [1.29, 1.82) is 0 Å². The average molecular weight is 584 g/mol. The van der Waals surface area contributed by atoms with Crippen LogP contribution in [0.4, 0.5) is 0 Å². The van der Waals surface area contributed by atoms with Crippen LogP contribution < -0.4 is 5.32 Å². The number of hydrogen-bond donors (Lipinski definition) is 1. The molecule has 4 aromatic rings. The lowest BCUT2D eigenvalue weighted by Crippen LogP contribution is -2.11. The van der Waals surface area contributed by atoms with Gasteiger partial charge in [0.2, 0.25) is 0 Å². The van der Waals surface area contributed by atoms with Gasteiger partial charge in [-0.2, -0.15) is 0 Å². The highest BCUT2D eigenvalue weighted by Crippen LogP contribution is 2.31. The average Bonchev–Trinajstić information content (AvgIpc) is 3.41. The van der Waals surface area contributed by atoms with Crippen molar-refractivity contribution in [2.24, 2.45) is 5.41 Å². The zero-order valence-corrected chi connectivity index (χ0v) is 23.7. The minimum absolute atomic E-state index is 0.314. The number of hydrogen-bond acceptors (Lipinski definition) is 3. The first-order valence-electron chi connectivity index (χ1n) is 12.8. The van der Waals surface area contributed by atoms with Crippen LogP contribution in [0.15, 0.2) is 54.9 Å². The van der Waals surface area contributed by atoms with Crippen molar-refractivity contribution >= 4 is 33.4 Å². The number of fused-ring (bicyclic) bond motifs is 1. The second-order valence-electron chi connectivity index (χ2n) is 10.6. The van der Waals surface area contributed by atoms with Gasteiger partial charge in [0.25, 0.3) is 0 Å². The Bertz CT molecular complexity index is 1250. The van der Waals surface area contributed by atoms with E-state index in [0.717, 1.165) is 47.8 Å². The second kappa shape index (κ2) is 11.7. The van der Waals surface area contributed by atoms with Crippen molar-refractivity contribution in [1.82, 2.24) is 24.4 Å². The molecule has 4 rings (SSSR count). The third kappa shape index (κ3) is 6.53. The Hall–Kier alpha value is -2.19. The van der Waals surface area contributed by atoms with Crippen LogP contribution in [0.25, 0.3) is 33.5 Å². The number of unbranched alkanes of at least 4 members (excludes halogenated alkanes) is 2. The highest BCUT2D eigenvalue weighted by molar-refractivity contribution is 14.1. The Labute approximate surface area is 223 Å². The van der Waals surface area contributed by atoms with Crippen molar-refractivity contribution in [3.63, 3.8) is 0 Å². The Balaban J connectivity index is 1.69. The van der Waals surface area contributed by atoms with Crippen LogP contribution in [-0.2, 0) is 13.1 Å². The minimum Gasteiger partial charge on any atom is -0.323 e. The van der Waals surface area contributed by atoms with Gasteiger partial charge in [0.05, 0.1) is 18.1 Å². The van der Waals surface area contributed by atoms with Crippen LogP contribution in [0.1, 0.15) is 52.9 Å². The first kappa shape index (κ1) is 25.9. The zero-order valence-electron chi connectivity index (χ0n) is 21.5. The highest BCUT2D eigenvalue weighted by atomic mass is 127. The van der Waals surface area contributed by atoms with Crippen LogP contribution in [-0.4, -0.2) is 32.7 Å². The smallest absolute Gasteiger partial charge is 0.171 e. The molecule has 0 saturated heterocycles. The lowest BCUT2D eigenvalue weighted by atomic mass is 9.90. The van der Waals surface area contributed by atoms with E-state index >= 15 is 0 Å². The molecule has 0 spiro atoms. The highest BCUT2D eigenvalue weighted by Gasteiger charge is 2.19. The van der Waals surface area contributed by atoms with E-state index in [1.165, 1.54) is 41.3 Å². The quantitative estimate of drug-likeness (QED) is 0.148. The summed E-state index contributed by atoms with van der Waals surface area (Å²) in [5, 5.41) is 5.77. The molecule has 0 unspecified atom stereocenters. The molecule has 0 radical (unpaired) electrons. The molecule has 0 aliphatic heterocycles. The first-order valence-corrected chi connectivity index (χ1v) is 13.9. The van der Waals surface area contributed by atoms with Crippen molar-refractivity contribution in [2.45, 2.75) is 66.0 Å². The minimum atomic E-state index is 0.314. The monoisotopic (exact) mass is 583 g/mol. The molecule has 0 saturated carbocycles. The predicted octanol–water partition coefficient (Wildman–Crippen LogP) is 7.39. The summed E-state index contributed by atoms with van der Waals surface area (Å²) in [6.07, 6.45) is 9.88. The fourth-order valence-corrected chi connectivity index (χ4v) is 5.29. The number of imidazole rings is 2. The SMILES string of the molecule is CNCCCCCn1c(-c2ncc(-c3ccc4ccccc4c3)n2CCCC(C)(C)C)cnc1I. The summed E-state index contributed by atoms with van der Waals surface area (Å²) in [5.41, 5.74) is 3.82. The summed E-state index contributed by atoms with van der Waals surface area (Å²) in [6.45, 7) is 9.93. The molecule has 0 amide bonds. The summed E-state index contributed by atoms with van der Waals surface area (Å²) >= 11 is 2.36. The maximum absolute atomic E-state index is 4.98. The molecule has 5 nitrogen and oxygen atoms in total. The maximum atomic E-state index is 4.98. The third-order valence-electron chi connectivity index (χ3n) is 6.55. The van der Waals surface area contributed by atoms with E-state index in [1.807, 2.05) is 19.4 Å². The number of rotatable bonds is 11. The molecule has 1 N–H and O–H groups in total. The van der Waals surface area contributed by atoms with Gasteiger partial charge in [-0.1, -0.05) is 63.6 Å². The van der Waals surface area contributed by atoms with Gasteiger partial charge in [-0.3, -0.25) is 0 Å². The van der Waals surface area contributed by atoms with Crippen molar-refractivity contribution < 1.29 is 0 Å². The van der Waals surface area contributed by atoms with Gasteiger partial charge in [-0.25, -0.2) is 9.97 Å². The van der Waals surface area contributed by atoms with Crippen LogP contribution in [0.5, 0.6) is 0 Å². The molecule has 0 fully saturated rings. The zero-order chi connectivity index (χ0) is 24.8. The van der Waals surface area contributed by atoms with E-state index in [9.17, 15) is 0 Å². The van der Waals surface area contributed by atoms with Crippen molar-refractivity contribution in [2.75, 3.05) is 13.6 Å². The van der Waals surface area contributed by atoms with Gasteiger partial charge >= 0.3 is 0 Å². The van der Waals surface area contributed by atoms with Gasteiger partial charge in [0.1, 0.15) is 5.69 Å². The molecule has 186 valence electrons. The van der Waals surface area contributed by atoms with Crippen LogP contribution in [0.3, 0.4) is 0 Å². The molecule has 0 aliphatic rings. The molecule has 2 aromatic carbocycles. The van der Waals surface area contributed by atoms with Gasteiger partial charge in [0.15, 0.2) is 9.66 Å². The standard InChI is InChI=1S/C29H38IN5/c1-29(2,3)15-10-18-34-25(24-14-13-22-11-6-7-12-23(22)19-24)20-32-27(34)26-21-33-28(30)35(26)17-9-5-8-16-31-4/h6-7,11-14,19-21,31H,5,8-10,15-18H2,1-4H3. The number of nitrogens with one attached hydrogen (secondary N) is 1. The van der Waals surface area contributed by atoms with Gasteiger partial charge in [-0.05, 0) is 84.1 Å². The molecular weight excluding hydrogens is 545 g/mol. The molecule has 0 atom stereocenters. The lowest BCUT2D eigenvalue weighted by Gasteiger charge is -2.20. The summed E-state index contributed by atoms with van der Waals surface area (Å²) in [7, 11) is 2.02. The van der Waals surface area contributed by atoms with E-state index in [2.05, 4.69) is 105 Å². The fraction of sp³-hybridized carbons (Fsp3) is 0.448. The number of aromatic nitrogens is 4. The van der Waals surface area contributed by atoms with Crippen molar-refractivity contribution in [3.05, 3.63) is 58.7 Å². The summed E-state index contributed by atoms with van der Waals surface area (Å²) in [6, 6.07) is 15.3. The molecule has 2 heterocycles. The predicted molar refractivity (Wildman–Crippen MR) is 156 cm³/mol. The molecular formula is C29H38IN5. The summed E-state index contributed by atoms with van der Waals surface area (Å²) in [4.78, 5) is 9.65. The Morgan fingerprint density at radius 2 is 1.57 bits per heavy atom. The number of nitrogens with zero attached hydrogens (tertiary/aromatic N) is 4. The largest absolute Gasteiger partial charge is 0.323 e. The van der Waals surface area contributed by atoms with E-state index in [1.54, 1.807) is 0 Å². The Morgan fingerprint density at radius 1 is 0.829 bits per heavy atom. The first-order chi connectivity index (χ1) is 16.9.